The summed E-state index contributed by atoms with van der Waals surface area (Å²) in [4.78, 5) is 49.7. The van der Waals surface area contributed by atoms with Crippen molar-refractivity contribution in [2.45, 2.75) is 12.7 Å². The quantitative estimate of drug-likeness (QED) is 0.459. The fourth-order valence-electron chi connectivity index (χ4n) is 4.34. The topological polar surface area (TPSA) is 115 Å². The molecule has 2 aliphatic rings. The molecule has 1 atom stereocenters. The molecule has 5 rings (SSSR count). The number of carboxylic acid groups (broad SMARTS) is 1. The van der Waals surface area contributed by atoms with Crippen molar-refractivity contribution in [1.82, 2.24) is 4.90 Å². The highest BCUT2D eigenvalue weighted by Gasteiger charge is 2.31. The highest BCUT2D eigenvalue weighted by molar-refractivity contribution is 6.36. The van der Waals surface area contributed by atoms with Crippen LogP contribution in [0, 0.1) is 5.82 Å². The van der Waals surface area contributed by atoms with Crippen molar-refractivity contribution in [2.75, 3.05) is 24.5 Å². The van der Waals surface area contributed by atoms with E-state index in [2.05, 4.69) is 5.10 Å². The van der Waals surface area contributed by atoms with Crippen LogP contribution in [0.4, 0.5) is 28.9 Å². The first-order valence-electron chi connectivity index (χ1n) is 12.3. The van der Waals surface area contributed by atoms with Gasteiger partial charge in [-0.1, -0.05) is 41.0 Å². The zero-order chi connectivity index (χ0) is 30.6. The van der Waals surface area contributed by atoms with Crippen LogP contribution in [0.2, 0.25) is 5.02 Å². The first-order valence-corrected chi connectivity index (χ1v) is 12.7. The molecule has 1 saturated heterocycles. The normalized spacial score (nSPS) is 16.5. The maximum Gasteiger partial charge on any atom is 0.430 e. The molecule has 0 bridgehead atoms. The van der Waals surface area contributed by atoms with Gasteiger partial charge >= 0.3 is 6.18 Å². The summed E-state index contributed by atoms with van der Waals surface area (Å²) in [5, 5.41) is 14.2. The molecule has 42 heavy (non-hydrogen) atoms. The SMILES string of the molecule is O=C([O-])C(F)(F)F.O=C1C=N[NH+](Cc2ccc(F)c(C(=O)N3CCN(c4cccc(Cl)c4)C(=O)C3)c2)c2ccccc21. The fourth-order valence-corrected chi connectivity index (χ4v) is 4.52. The van der Waals surface area contributed by atoms with Crippen molar-refractivity contribution < 1.29 is 46.9 Å². The number of benzene rings is 3. The maximum absolute atomic E-state index is 14.7. The van der Waals surface area contributed by atoms with Gasteiger partial charge in [0, 0.05) is 35.4 Å². The Labute approximate surface area is 241 Å². The van der Waals surface area contributed by atoms with Crippen LogP contribution in [0.25, 0.3) is 0 Å². The van der Waals surface area contributed by atoms with Gasteiger partial charge in [-0.3, -0.25) is 14.4 Å². The molecule has 9 nitrogen and oxygen atoms in total. The molecule has 0 spiro atoms. The second-order valence-electron chi connectivity index (χ2n) is 9.14. The number of carbonyl (C=O) groups is 4. The van der Waals surface area contributed by atoms with Crippen molar-refractivity contribution >= 4 is 52.8 Å². The Morgan fingerprint density at radius 1 is 1.00 bits per heavy atom. The molecule has 3 aromatic carbocycles. The highest BCUT2D eigenvalue weighted by atomic mass is 35.5. The minimum absolute atomic E-state index is 0.101. The molecular weight excluding hydrogens is 584 g/mol. The number of Topliss-reactive ketones (excluding diaryl/α,β-unsaturated/α-hetero) is 1. The maximum atomic E-state index is 14.7. The van der Waals surface area contributed by atoms with Gasteiger partial charge in [0.15, 0.2) is 5.69 Å². The number of alkyl halides is 3. The molecule has 2 heterocycles. The lowest BCUT2D eigenvalue weighted by Gasteiger charge is -2.34. The van der Waals surface area contributed by atoms with Crippen LogP contribution in [0.3, 0.4) is 0 Å². The number of nitrogens with one attached hydrogen (secondary N) is 1. The van der Waals surface area contributed by atoms with E-state index in [-0.39, 0.29) is 36.9 Å². The van der Waals surface area contributed by atoms with Gasteiger partial charge in [-0.15, -0.1) is 0 Å². The summed E-state index contributed by atoms with van der Waals surface area (Å²) in [6.45, 7) is 0.705. The zero-order valence-electron chi connectivity index (χ0n) is 21.5. The lowest BCUT2D eigenvalue weighted by atomic mass is 10.1. The van der Waals surface area contributed by atoms with E-state index in [1.165, 1.54) is 23.2 Å². The summed E-state index contributed by atoms with van der Waals surface area (Å²) >= 11 is 6.04. The van der Waals surface area contributed by atoms with E-state index in [0.29, 0.717) is 33.4 Å². The van der Waals surface area contributed by atoms with Crippen molar-refractivity contribution in [3.63, 3.8) is 0 Å². The summed E-state index contributed by atoms with van der Waals surface area (Å²) in [6, 6.07) is 18.5. The van der Waals surface area contributed by atoms with Gasteiger partial charge in [0.2, 0.25) is 11.7 Å². The van der Waals surface area contributed by atoms with E-state index in [1.54, 1.807) is 47.4 Å². The summed E-state index contributed by atoms with van der Waals surface area (Å²) in [5.41, 5.74) is 2.52. The molecule has 0 saturated carbocycles. The lowest BCUT2D eigenvalue weighted by Crippen LogP contribution is -3.01. The van der Waals surface area contributed by atoms with Crippen molar-refractivity contribution in [3.05, 3.63) is 94.3 Å². The second-order valence-corrected chi connectivity index (χ2v) is 9.58. The number of anilines is 1. The summed E-state index contributed by atoms with van der Waals surface area (Å²) in [5.74, 6) is -4.64. The first kappa shape index (κ1) is 30.3. The minimum atomic E-state index is -5.19. The molecule has 0 radical (unpaired) electrons. The van der Waals surface area contributed by atoms with Crippen molar-refractivity contribution in [3.8, 4) is 0 Å². The van der Waals surface area contributed by atoms with Crippen molar-refractivity contribution in [2.24, 2.45) is 5.10 Å². The number of amides is 2. The van der Waals surface area contributed by atoms with Crippen molar-refractivity contribution in [1.29, 1.82) is 0 Å². The Bertz CT molecular complexity index is 1580. The zero-order valence-corrected chi connectivity index (χ0v) is 22.3. The van der Waals surface area contributed by atoms with Gasteiger partial charge in [-0.2, -0.15) is 18.2 Å². The second kappa shape index (κ2) is 12.5. The fraction of sp³-hybridized carbons (Fsp3) is 0.179. The Morgan fingerprint density at radius 3 is 2.38 bits per heavy atom. The highest BCUT2D eigenvalue weighted by Crippen LogP contribution is 2.23. The van der Waals surface area contributed by atoms with Crippen LogP contribution in [0.1, 0.15) is 26.3 Å². The number of carbonyl (C=O) groups excluding carboxylic acids is 4. The van der Waals surface area contributed by atoms with Crippen LogP contribution in [-0.4, -0.2) is 60.5 Å². The van der Waals surface area contributed by atoms with Crippen LogP contribution < -0.4 is 15.0 Å². The molecule has 1 N–H and O–H groups in total. The number of rotatable bonds is 4. The van der Waals surface area contributed by atoms with Gasteiger partial charge in [0.05, 0.1) is 11.1 Å². The van der Waals surface area contributed by atoms with Gasteiger partial charge in [0.1, 0.15) is 31.1 Å². The lowest BCUT2D eigenvalue weighted by molar-refractivity contribution is -0.854. The Kier molecular flexibility index (Phi) is 9.02. The van der Waals surface area contributed by atoms with E-state index in [1.807, 2.05) is 12.1 Å². The predicted octanol–water partition coefficient (Wildman–Crippen LogP) is 2.17. The monoisotopic (exact) mass is 604 g/mol. The molecule has 1 fully saturated rings. The summed E-state index contributed by atoms with van der Waals surface area (Å²) in [6.07, 6.45) is -3.92. The summed E-state index contributed by atoms with van der Waals surface area (Å²) in [7, 11) is 0. The van der Waals surface area contributed by atoms with Crippen LogP contribution in [-0.2, 0) is 16.1 Å². The molecule has 14 heteroatoms. The predicted molar refractivity (Wildman–Crippen MR) is 141 cm³/mol. The van der Waals surface area contributed by atoms with Gasteiger partial charge < -0.3 is 19.7 Å². The largest absolute Gasteiger partial charge is 0.542 e. The van der Waals surface area contributed by atoms with E-state index in [9.17, 15) is 31.9 Å². The molecule has 0 aromatic heterocycles. The number of piperazine rings is 1. The third-order valence-electron chi connectivity index (χ3n) is 6.33. The Morgan fingerprint density at radius 2 is 1.71 bits per heavy atom. The van der Waals surface area contributed by atoms with Crippen LogP contribution in [0.5, 0.6) is 0 Å². The molecule has 2 aliphatic heterocycles. The number of aliphatic carboxylic acids is 1. The number of carboxylic acids is 1. The van der Waals surface area contributed by atoms with E-state index < -0.39 is 23.9 Å². The number of hydrogen-bond acceptors (Lipinski definition) is 6. The molecule has 1 unspecified atom stereocenters. The third-order valence-corrected chi connectivity index (χ3v) is 6.57. The van der Waals surface area contributed by atoms with Crippen LogP contribution >= 0.6 is 11.6 Å². The van der Waals surface area contributed by atoms with Gasteiger partial charge in [-0.05, 0) is 36.4 Å². The third kappa shape index (κ3) is 6.98. The molecule has 0 aliphatic carbocycles. The Balaban J connectivity index is 0.000000517. The van der Waals surface area contributed by atoms with Gasteiger partial charge in [0.25, 0.3) is 5.91 Å². The standard InChI is InChI=1S/C26H20ClFN4O3.C2HF3O2/c27-18-4-3-5-19(13-18)31-11-10-30(16-25(31)34)26(35)21-12-17(8-9-22(21)28)15-32-23-7-2-1-6-20(23)24(33)14-29-32;3-2(4,5)1(6)7/h1-9,12-14H,10-11,15-16H2;(H,6,7). The Hall–Kier alpha value is -4.62. The molecule has 2 amide bonds. The number of hydrogen-bond donors (Lipinski definition) is 1. The number of para-hydroxylation sites is 1. The number of halogens is 5. The number of quaternary nitrogens is 1. The summed E-state index contributed by atoms with van der Waals surface area (Å²) < 4.78 is 46.2. The molecule has 218 valence electrons. The number of fused-ring (bicyclic) bond motifs is 1. The number of ketones is 1. The average Bonchev–Trinajstić information content (AvgIpc) is 2.95. The minimum Gasteiger partial charge on any atom is -0.542 e. The smallest absolute Gasteiger partial charge is 0.430 e. The van der Waals surface area contributed by atoms with E-state index in [4.69, 9.17) is 21.5 Å². The van der Waals surface area contributed by atoms with E-state index >= 15 is 0 Å². The molecular formula is C28H21ClF4N4O5. The van der Waals surface area contributed by atoms with E-state index in [0.717, 1.165) is 5.69 Å². The van der Waals surface area contributed by atoms with Gasteiger partial charge in [-0.25, -0.2) is 4.39 Å². The molecule has 3 aromatic rings. The first-order chi connectivity index (χ1) is 19.8. The van der Waals surface area contributed by atoms with Crippen LogP contribution in [0.15, 0.2) is 71.8 Å². The number of nitrogens with zero attached hydrogens (tertiary/aromatic N) is 3. The average molecular weight is 605 g/mol.